The maximum absolute atomic E-state index is 14.2. The highest BCUT2D eigenvalue weighted by Gasteiger charge is 2.46. The molecule has 5 aromatic rings. The zero-order valence-electron chi connectivity index (χ0n) is 21.9. The zero-order chi connectivity index (χ0) is 28.3. The summed E-state index contributed by atoms with van der Waals surface area (Å²) in [7, 11) is 1.52. The number of benzene rings is 1. The SMILES string of the molecule is COc1ncccc1-c1nc2c(n1C(C)C)[C@@H](c1ccc(Cl)cc1)N(c1cc(C)c3nnc(C(F)F)n3n1)C2=O. The van der Waals surface area contributed by atoms with Gasteiger partial charge < -0.3 is 9.30 Å². The second kappa shape index (κ2) is 9.63. The lowest BCUT2D eigenvalue weighted by Gasteiger charge is -2.28. The standard InChI is InChI=1S/C27H23ClF2N8O2/c1-13(2)36-21-19(32-24(36)17-6-5-11-31-26(17)40-4)27(39)37(20(21)15-7-9-16(28)10-8-15)18-12-14(3)23-33-34-25(22(29)30)38(23)35-18/h5-13,20,22H,1-4H3/t20-/m1/s1. The van der Waals surface area contributed by atoms with Gasteiger partial charge in [0.15, 0.2) is 17.2 Å². The lowest BCUT2D eigenvalue weighted by molar-refractivity contribution is 0.0988. The van der Waals surface area contributed by atoms with Gasteiger partial charge in [-0.25, -0.2) is 18.7 Å². The first-order valence-corrected chi connectivity index (χ1v) is 12.8. The number of fused-ring (bicyclic) bond motifs is 2. The minimum atomic E-state index is -2.90. The number of methoxy groups -OCH3 is 1. The summed E-state index contributed by atoms with van der Waals surface area (Å²) in [6.45, 7) is 5.68. The predicted octanol–water partition coefficient (Wildman–Crippen LogP) is 5.62. The van der Waals surface area contributed by atoms with Crippen molar-refractivity contribution in [2.45, 2.75) is 39.3 Å². The Morgan fingerprint density at radius 2 is 1.85 bits per heavy atom. The summed E-state index contributed by atoms with van der Waals surface area (Å²) < 4.78 is 35.9. The van der Waals surface area contributed by atoms with Crippen LogP contribution in [0.5, 0.6) is 5.88 Å². The third kappa shape index (κ3) is 3.89. The first kappa shape index (κ1) is 25.8. The highest BCUT2D eigenvalue weighted by molar-refractivity contribution is 6.30. The fourth-order valence-corrected chi connectivity index (χ4v) is 5.25. The van der Waals surface area contributed by atoms with E-state index in [1.807, 2.05) is 36.6 Å². The molecule has 6 rings (SSSR count). The van der Waals surface area contributed by atoms with Gasteiger partial charge in [-0.1, -0.05) is 23.7 Å². The molecule has 0 saturated carbocycles. The smallest absolute Gasteiger partial charge is 0.299 e. The molecular weight excluding hydrogens is 542 g/mol. The van der Waals surface area contributed by atoms with Crippen molar-refractivity contribution in [3.05, 3.63) is 82.0 Å². The Kier molecular flexibility index (Phi) is 6.21. The molecule has 204 valence electrons. The molecule has 1 atom stereocenters. The molecule has 10 nitrogen and oxygen atoms in total. The number of amides is 1. The molecule has 1 amide bonds. The van der Waals surface area contributed by atoms with Crippen molar-refractivity contribution >= 4 is 29.0 Å². The average molecular weight is 565 g/mol. The van der Waals surface area contributed by atoms with Crippen molar-refractivity contribution in [2.75, 3.05) is 12.0 Å². The summed E-state index contributed by atoms with van der Waals surface area (Å²) in [4.78, 5) is 24.8. The van der Waals surface area contributed by atoms with Crippen LogP contribution in [0.1, 0.15) is 65.5 Å². The van der Waals surface area contributed by atoms with E-state index in [0.717, 1.165) is 10.1 Å². The Hall–Kier alpha value is -4.45. The van der Waals surface area contributed by atoms with Crippen LogP contribution >= 0.6 is 11.6 Å². The minimum absolute atomic E-state index is 0.126. The highest BCUT2D eigenvalue weighted by Crippen LogP contribution is 2.45. The van der Waals surface area contributed by atoms with Gasteiger partial charge in [-0.2, -0.15) is 4.52 Å². The van der Waals surface area contributed by atoms with Gasteiger partial charge in [0.1, 0.15) is 11.9 Å². The van der Waals surface area contributed by atoms with Crippen LogP contribution < -0.4 is 9.64 Å². The van der Waals surface area contributed by atoms with Gasteiger partial charge in [0.25, 0.3) is 12.3 Å². The predicted molar refractivity (Wildman–Crippen MR) is 143 cm³/mol. The summed E-state index contributed by atoms with van der Waals surface area (Å²) >= 11 is 6.20. The summed E-state index contributed by atoms with van der Waals surface area (Å²) in [5, 5.41) is 12.4. The zero-order valence-corrected chi connectivity index (χ0v) is 22.6. The summed E-state index contributed by atoms with van der Waals surface area (Å²) in [6, 6.07) is 11.5. The maximum atomic E-state index is 14.2. The molecule has 13 heteroatoms. The van der Waals surface area contributed by atoms with Crippen LogP contribution in [0.3, 0.4) is 0 Å². The summed E-state index contributed by atoms with van der Waals surface area (Å²) in [6.07, 6.45) is -1.29. The average Bonchev–Trinajstić information content (AvgIpc) is 3.61. The number of aryl methyl sites for hydroxylation is 1. The number of alkyl halides is 2. The Balaban J connectivity index is 1.62. The number of halogens is 3. The van der Waals surface area contributed by atoms with Crippen LogP contribution in [0.15, 0.2) is 48.7 Å². The molecule has 0 aliphatic carbocycles. The normalized spacial score (nSPS) is 15.1. The fourth-order valence-electron chi connectivity index (χ4n) is 5.12. The molecular formula is C27H23ClF2N8O2. The Bertz CT molecular complexity index is 1770. The molecule has 40 heavy (non-hydrogen) atoms. The largest absolute Gasteiger partial charge is 0.480 e. The van der Waals surface area contributed by atoms with Gasteiger partial charge in [0.2, 0.25) is 11.7 Å². The number of hydrogen-bond donors (Lipinski definition) is 0. The number of hydrogen-bond acceptors (Lipinski definition) is 7. The molecule has 4 aromatic heterocycles. The van der Waals surface area contributed by atoms with Gasteiger partial charge in [-0.3, -0.25) is 9.69 Å². The van der Waals surface area contributed by atoms with Crippen LogP contribution in [0.25, 0.3) is 17.0 Å². The van der Waals surface area contributed by atoms with Crippen molar-refractivity contribution in [2.24, 2.45) is 0 Å². The van der Waals surface area contributed by atoms with Gasteiger partial charge >= 0.3 is 0 Å². The molecule has 0 radical (unpaired) electrons. The van der Waals surface area contributed by atoms with Crippen molar-refractivity contribution in [3.8, 4) is 17.3 Å². The third-order valence-electron chi connectivity index (χ3n) is 6.80. The molecule has 0 bridgehead atoms. The van der Waals surface area contributed by atoms with Gasteiger partial charge in [-0.05, 0) is 62.2 Å². The molecule has 0 fully saturated rings. The molecule has 0 unspecified atom stereocenters. The number of aromatic nitrogens is 7. The molecule has 1 aliphatic rings. The van der Waals surface area contributed by atoms with E-state index in [2.05, 4.69) is 20.3 Å². The number of nitrogens with zero attached hydrogens (tertiary/aromatic N) is 8. The van der Waals surface area contributed by atoms with E-state index < -0.39 is 24.2 Å². The van der Waals surface area contributed by atoms with Crippen molar-refractivity contribution in [1.82, 2.24) is 34.3 Å². The Labute approximate surface area is 232 Å². The van der Waals surface area contributed by atoms with E-state index in [9.17, 15) is 13.6 Å². The molecule has 1 aromatic carbocycles. The first-order valence-electron chi connectivity index (χ1n) is 12.4. The van der Waals surface area contributed by atoms with E-state index in [-0.39, 0.29) is 23.2 Å². The van der Waals surface area contributed by atoms with E-state index in [0.29, 0.717) is 33.5 Å². The number of imidazole rings is 1. The second-order valence-corrected chi connectivity index (χ2v) is 10.0. The quantitative estimate of drug-likeness (QED) is 0.263. The van der Waals surface area contributed by atoms with E-state index >= 15 is 0 Å². The maximum Gasteiger partial charge on any atom is 0.299 e. The van der Waals surface area contributed by atoms with Crippen LogP contribution in [0.4, 0.5) is 14.6 Å². The van der Waals surface area contributed by atoms with Crippen molar-refractivity contribution < 1.29 is 18.3 Å². The monoisotopic (exact) mass is 564 g/mol. The molecule has 0 N–H and O–H groups in total. The topological polar surface area (TPSA) is 103 Å². The second-order valence-electron chi connectivity index (χ2n) is 9.60. The van der Waals surface area contributed by atoms with Gasteiger partial charge in [-0.15, -0.1) is 15.3 Å². The summed E-state index contributed by atoms with van der Waals surface area (Å²) in [5.74, 6) is 0.00960. The van der Waals surface area contributed by atoms with Crippen LogP contribution in [-0.4, -0.2) is 47.4 Å². The number of pyridine rings is 1. The van der Waals surface area contributed by atoms with Crippen molar-refractivity contribution in [1.29, 1.82) is 0 Å². The molecule has 0 saturated heterocycles. The fraction of sp³-hybridized carbons (Fsp3) is 0.259. The number of ether oxygens (including phenoxy) is 1. The molecule has 5 heterocycles. The van der Waals surface area contributed by atoms with E-state index in [1.165, 1.54) is 12.0 Å². The van der Waals surface area contributed by atoms with Crippen LogP contribution in [0.2, 0.25) is 5.02 Å². The van der Waals surface area contributed by atoms with Gasteiger partial charge in [0.05, 0.1) is 18.4 Å². The number of rotatable bonds is 6. The molecule has 0 spiro atoms. The third-order valence-corrected chi connectivity index (χ3v) is 7.05. The lowest BCUT2D eigenvalue weighted by atomic mass is 10.0. The first-order chi connectivity index (χ1) is 19.2. The number of anilines is 1. The van der Waals surface area contributed by atoms with E-state index in [4.69, 9.17) is 21.3 Å². The molecule has 1 aliphatic heterocycles. The Morgan fingerprint density at radius 1 is 1.10 bits per heavy atom. The van der Waals surface area contributed by atoms with Gasteiger partial charge in [0, 0.05) is 17.3 Å². The van der Waals surface area contributed by atoms with Crippen LogP contribution in [0, 0.1) is 6.92 Å². The summed E-state index contributed by atoms with van der Waals surface area (Å²) in [5.41, 5.74) is 2.92. The van der Waals surface area contributed by atoms with Crippen LogP contribution in [-0.2, 0) is 0 Å². The highest BCUT2D eigenvalue weighted by atomic mass is 35.5. The van der Waals surface area contributed by atoms with Crippen molar-refractivity contribution in [3.63, 3.8) is 0 Å². The van der Waals surface area contributed by atoms with E-state index in [1.54, 1.807) is 37.4 Å². The Morgan fingerprint density at radius 3 is 2.52 bits per heavy atom. The number of carbonyl (C=O) groups is 1. The minimum Gasteiger partial charge on any atom is -0.480 e. The lowest BCUT2D eigenvalue weighted by Crippen LogP contribution is -2.31. The number of carbonyl (C=O) groups excluding carboxylic acids is 1.